The molecule has 1 aromatic rings. The van der Waals surface area contributed by atoms with Gasteiger partial charge < -0.3 is 23.7 Å². The molecule has 1 heterocycles. The number of esters is 3. The third-order valence-corrected chi connectivity index (χ3v) is 4.14. The summed E-state index contributed by atoms with van der Waals surface area (Å²) >= 11 is 5.97. The number of nitrogens with zero attached hydrogens (tertiary/aromatic N) is 3. The lowest BCUT2D eigenvalue weighted by molar-refractivity contribution is -0.259. The van der Waals surface area contributed by atoms with Crippen molar-refractivity contribution in [3.8, 4) is 5.75 Å². The number of carbonyl (C=O) groups excluding carboxylic acids is 3. The smallest absolute Gasteiger partial charge is 0.303 e. The molecule has 0 amide bonds. The summed E-state index contributed by atoms with van der Waals surface area (Å²) < 4.78 is 27.1. The number of azide groups is 1. The summed E-state index contributed by atoms with van der Waals surface area (Å²) in [5.41, 5.74) is 9.03. The van der Waals surface area contributed by atoms with Gasteiger partial charge >= 0.3 is 17.9 Å². The number of halogens is 1. The van der Waals surface area contributed by atoms with Gasteiger partial charge in [0.05, 0.1) is 0 Å². The van der Waals surface area contributed by atoms with Crippen LogP contribution in [0, 0.1) is 0 Å². The average Bonchev–Trinajstić information content (AvgIpc) is 2.64. The Morgan fingerprint density at radius 3 is 2.37 bits per heavy atom. The fourth-order valence-corrected chi connectivity index (χ4v) is 3.02. The lowest BCUT2D eigenvalue weighted by atomic mass is 9.96. The van der Waals surface area contributed by atoms with Crippen molar-refractivity contribution in [2.75, 3.05) is 6.61 Å². The summed E-state index contributed by atoms with van der Waals surface area (Å²) in [6.07, 6.45) is -4.82. The first-order valence-corrected chi connectivity index (χ1v) is 9.18. The molecule has 2 rings (SSSR count). The Labute approximate surface area is 176 Å². The molecule has 1 aromatic carbocycles. The molecule has 2 unspecified atom stereocenters. The van der Waals surface area contributed by atoms with Crippen LogP contribution in [0.5, 0.6) is 5.75 Å². The van der Waals surface area contributed by atoms with E-state index >= 15 is 0 Å². The van der Waals surface area contributed by atoms with Gasteiger partial charge in [0.1, 0.15) is 30.6 Å². The topological polar surface area (TPSA) is 146 Å². The fourth-order valence-electron chi connectivity index (χ4n) is 2.84. The van der Waals surface area contributed by atoms with Crippen molar-refractivity contribution in [2.45, 2.75) is 51.4 Å². The molecule has 1 fully saturated rings. The Hall–Kier alpha value is -3.01. The zero-order valence-corrected chi connectivity index (χ0v) is 17.1. The second-order valence-electron chi connectivity index (χ2n) is 6.26. The van der Waals surface area contributed by atoms with Crippen molar-refractivity contribution in [3.05, 3.63) is 39.7 Å². The van der Waals surface area contributed by atoms with E-state index in [1.165, 1.54) is 13.0 Å². The molecule has 0 aromatic heterocycles. The van der Waals surface area contributed by atoms with Crippen LogP contribution in [0.3, 0.4) is 0 Å². The Kier molecular flexibility index (Phi) is 8.28. The zero-order chi connectivity index (χ0) is 22.3. The normalized spacial score (nSPS) is 25.4. The Morgan fingerprint density at radius 1 is 1.13 bits per heavy atom. The monoisotopic (exact) mass is 441 g/mol. The van der Waals surface area contributed by atoms with Crippen LogP contribution in [0.15, 0.2) is 29.4 Å². The van der Waals surface area contributed by atoms with Crippen LogP contribution in [0.2, 0.25) is 5.02 Å². The van der Waals surface area contributed by atoms with E-state index in [9.17, 15) is 14.4 Å². The van der Waals surface area contributed by atoms with Gasteiger partial charge in [0.15, 0.2) is 6.10 Å². The van der Waals surface area contributed by atoms with Crippen LogP contribution >= 0.6 is 11.6 Å². The van der Waals surface area contributed by atoms with Crippen molar-refractivity contribution in [2.24, 2.45) is 5.11 Å². The molecule has 0 bridgehead atoms. The molecule has 12 heteroatoms. The van der Waals surface area contributed by atoms with Gasteiger partial charge in [0.2, 0.25) is 6.29 Å². The van der Waals surface area contributed by atoms with E-state index in [1.807, 2.05) is 0 Å². The number of hydrogen-bond acceptors (Lipinski definition) is 9. The van der Waals surface area contributed by atoms with Gasteiger partial charge in [0, 0.05) is 30.7 Å². The quantitative estimate of drug-likeness (QED) is 0.206. The summed E-state index contributed by atoms with van der Waals surface area (Å²) in [7, 11) is 0. The second kappa shape index (κ2) is 10.7. The molecule has 162 valence electrons. The second-order valence-corrected chi connectivity index (χ2v) is 6.70. The molecule has 0 radical (unpaired) electrons. The standard InChI is InChI=1S/C18H20ClN3O8/c1-9(23)26-8-14-16(27-10(2)24)15(21-22-20)17(28-11(3)25)18(30-14)29-13-6-4-5-12(19)7-13/h4-7,14-18H,8H2,1-3H3/t14?,15-,16-,17?,18-/m0/s1. The van der Waals surface area contributed by atoms with Crippen LogP contribution in [0.4, 0.5) is 0 Å². The summed E-state index contributed by atoms with van der Waals surface area (Å²) in [6, 6.07) is 5.12. The highest BCUT2D eigenvalue weighted by molar-refractivity contribution is 6.30. The maximum absolute atomic E-state index is 11.7. The highest BCUT2D eigenvalue weighted by atomic mass is 35.5. The Morgan fingerprint density at radius 2 is 1.80 bits per heavy atom. The minimum atomic E-state index is -1.28. The first-order valence-electron chi connectivity index (χ1n) is 8.81. The number of benzene rings is 1. The van der Waals surface area contributed by atoms with Crippen molar-refractivity contribution in [1.29, 1.82) is 0 Å². The highest BCUT2D eigenvalue weighted by Gasteiger charge is 2.51. The third-order valence-electron chi connectivity index (χ3n) is 3.91. The SMILES string of the molecule is CC(=O)OCC1O[C@H](Oc2cccc(Cl)c2)C(OC(C)=O)[C@@H](N=[N+]=[N-])[C@H]1OC(C)=O. The van der Waals surface area contributed by atoms with E-state index in [0.717, 1.165) is 13.8 Å². The molecular formula is C18H20ClN3O8. The van der Waals surface area contributed by atoms with E-state index in [1.54, 1.807) is 18.2 Å². The molecule has 1 saturated heterocycles. The molecular weight excluding hydrogens is 422 g/mol. The first kappa shape index (κ1) is 23.3. The minimum absolute atomic E-state index is 0.279. The van der Waals surface area contributed by atoms with Crippen LogP contribution in [0.1, 0.15) is 20.8 Å². The van der Waals surface area contributed by atoms with Crippen LogP contribution in [0.25, 0.3) is 10.4 Å². The van der Waals surface area contributed by atoms with Crippen molar-refractivity contribution >= 4 is 29.5 Å². The zero-order valence-electron chi connectivity index (χ0n) is 16.4. The molecule has 0 N–H and O–H groups in total. The van der Waals surface area contributed by atoms with Crippen LogP contribution in [-0.4, -0.2) is 55.2 Å². The summed E-state index contributed by atoms with van der Waals surface area (Å²) in [4.78, 5) is 37.3. The van der Waals surface area contributed by atoms with Gasteiger partial charge in [-0.25, -0.2) is 0 Å². The molecule has 11 nitrogen and oxygen atoms in total. The number of hydrogen-bond donors (Lipinski definition) is 0. The molecule has 30 heavy (non-hydrogen) atoms. The molecule has 1 aliphatic heterocycles. The summed E-state index contributed by atoms with van der Waals surface area (Å²) in [6.45, 7) is 3.16. The summed E-state index contributed by atoms with van der Waals surface area (Å²) in [5, 5.41) is 4.02. The third kappa shape index (κ3) is 6.51. The van der Waals surface area contributed by atoms with E-state index in [0.29, 0.717) is 5.02 Å². The van der Waals surface area contributed by atoms with Crippen molar-refractivity contribution in [1.82, 2.24) is 0 Å². The number of carbonyl (C=O) groups is 3. The van der Waals surface area contributed by atoms with E-state index in [4.69, 9.17) is 40.8 Å². The number of ether oxygens (including phenoxy) is 5. The maximum atomic E-state index is 11.7. The molecule has 1 aliphatic rings. The minimum Gasteiger partial charge on any atom is -0.463 e. The lowest BCUT2D eigenvalue weighted by Gasteiger charge is -2.43. The van der Waals surface area contributed by atoms with Gasteiger partial charge in [-0.2, -0.15) is 0 Å². The molecule has 0 spiro atoms. The Balaban J connectivity index is 2.43. The first-order chi connectivity index (χ1) is 14.2. The maximum Gasteiger partial charge on any atom is 0.303 e. The van der Waals surface area contributed by atoms with Gasteiger partial charge in [-0.05, 0) is 23.7 Å². The number of rotatable bonds is 7. The molecule has 0 aliphatic carbocycles. The van der Waals surface area contributed by atoms with Gasteiger partial charge in [0.25, 0.3) is 0 Å². The van der Waals surface area contributed by atoms with E-state index < -0.39 is 48.6 Å². The van der Waals surface area contributed by atoms with Crippen molar-refractivity contribution < 1.29 is 38.1 Å². The predicted octanol–water partition coefficient (Wildman–Crippen LogP) is 2.55. The van der Waals surface area contributed by atoms with Crippen LogP contribution < -0.4 is 4.74 Å². The highest BCUT2D eigenvalue weighted by Crippen LogP contribution is 2.31. The molecule has 5 atom stereocenters. The average molecular weight is 442 g/mol. The van der Waals surface area contributed by atoms with Gasteiger partial charge in [-0.3, -0.25) is 14.4 Å². The Bertz CT molecular complexity index is 844. The van der Waals surface area contributed by atoms with Gasteiger partial charge in [-0.15, -0.1) is 0 Å². The van der Waals surface area contributed by atoms with Crippen LogP contribution in [-0.2, 0) is 33.3 Å². The van der Waals surface area contributed by atoms with Gasteiger partial charge in [-0.1, -0.05) is 22.8 Å². The van der Waals surface area contributed by atoms with E-state index in [2.05, 4.69) is 10.0 Å². The lowest BCUT2D eigenvalue weighted by Crippen LogP contribution is -2.61. The largest absolute Gasteiger partial charge is 0.463 e. The molecule has 0 saturated carbocycles. The van der Waals surface area contributed by atoms with E-state index in [-0.39, 0.29) is 12.4 Å². The summed E-state index contributed by atoms with van der Waals surface area (Å²) in [5.74, 6) is -1.73. The van der Waals surface area contributed by atoms with Crippen molar-refractivity contribution in [3.63, 3.8) is 0 Å². The fraction of sp³-hybridized carbons (Fsp3) is 0.500. The predicted molar refractivity (Wildman–Crippen MR) is 101 cm³/mol.